The fraction of sp³-hybridized carbons (Fsp3) is 0.357. The average molecular weight is 526 g/mol. The van der Waals surface area contributed by atoms with Crippen molar-refractivity contribution in [2.24, 2.45) is 7.05 Å². The van der Waals surface area contributed by atoms with Crippen molar-refractivity contribution in [1.29, 1.82) is 0 Å². The highest BCUT2D eigenvalue weighted by atomic mass is 32.1. The summed E-state index contributed by atoms with van der Waals surface area (Å²) in [5, 5.41) is 14.3. The van der Waals surface area contributed by atoms with Crippen molar-refractivity contribution < 1.29 is 19.0 Å². The van der Waals surface area contributed by atoms with Gasteiger partial charge in [-0.3, -0.25) is 9.59 Å². The number of benzene rings is 1. The minimum absolute atomic E-state index is 0.0716. The number of aromatic nitrogens is 2. The van der Waals surface area contributed by atoms with E-state index in [4.69, 9.17) is 4.74 Å². The lowest BCUT2D eigenvalue weighted by atomic mass is 10.0. The first-order chi connectivity index (χ1) is 17.2. The predicted molar refractivity (Wildman–Crippen MR) is 145 cm³/mol. The summed E-state index contributed by atoms with van der Waals surface area (Å²) in [6.07, 6.45) is 1.71. The van der Waals surface area contributed by atoms with Crippen LogP contribution < -0.4 is 15.6 Å². The van der Waals surface area contributed by atoms with E-state index < -0.39 is 5.60 Å². The summed E-state index contributed by atoms with van der Waals surface area (Å²) < 4.78 is 21.9. The number of carbonyl (C=O) groups excluding carboxylic acids is 1. The number of hydrogen-bond acceptors (Lipinski definition) is 5. The molecule has 0 aliphatic rings. The lowest BCUT2D eigenvalue weighted by molar-refractivity contribution is 0.0817. The highest BCUT2D eigenvalue weighted by Gasteiger charge is 2.30. The van der Waals surface area contributed by atoms with Crippen LogP contribution in [0.25, 0.3) is 21.3 Å². The molecule has 0 bridgehead atoms. The van der Waals surface area contributed by atoms with Crippen LogP contribution in [0.3, 0.4) is 0 Å². The number of ether oxygens (including phenoxy) is 1. The van der Waals surface area contributed by atoms with Gasteiger partial charge in [-0.05, 0) is 77.8 Å². The Morgan fingerprint density at radius 2 is 1.78 bits per heavy atom. The third-order valence-corrected chi connectivity index (χ3v) is 7.77. The Balaban J connectivity index is 2.00. The molecule has 1 amide bonds. The molecule has 3 heterocycles. The van der Waals surface area contributed by atoms with Crippen LogP contribution in [0.2, 0.25) is 0 Å². The molecule has 0 unspecified atom stereocenters. The van der Waals surface area contributed by atoms with Crippen molar-refractivity contribution in [3.63, 3.8) is 0 Å². The van der Waals surface area contributed by atoms with E-state index in [0.29, 0.717) is 48.8 Å². The summed E-state index contributed by atoms with van der Waals surface area (Å²) in [5.41, 5.74) is 1.84. The van der Waals surface area contributed by atoms with Gasteiger partial charge in [0, 0.05) is 40.7 Å². The molecule has 9 heteroatoms. The van der Waals surface area contributed by atoms with Gasteiger partial charge in [0.25, 0.3) is 11.5 Å². The Morgan fingerprint density at radius 1 is 1.16 bits per heavy atom. The van der Waals surface area contributed by atoms with Gasteiger partial charge in [-0.1, -0.05) is 0 Å². The van der Waals surface area contributed by atoms with Crippen LogP contribution in [-0.2, 0) is 12.6 Å². The zero-order valence-corrected chi connectivity index (χ0v) is 23.1. The molecule has 0 saturated heterocycles. The number of aryl methyl sites for hydroxylation is 3. The molecule has 196 valence electrons. The van der Waals surface area contributed by atoms with Gasteiger partial charge in [0.2, 0.25) is 0 Å². The zero-order chi connectivity index (χ0) is 27.4. The Hall–Kier alpha value is -3.43. The van der Waals surface area contributed by atoms with Crippen LogP contribution in [0.1, 0.15) is 59.8 Å². The van der Waals surface area contributed by atoms with E-state index in [1.165, 1.54) is 28.0 Å². The molecule has 7 nitrogen and oxygen atoms in total. The highest BCUT2D eigenvalue weighted by Crippen LogP contribution is 2.49. The third-order valence-electron chi connectivity index (χ3n) is 6.15. The van der Waals surface area contributed by atoms with Crippen molar-refractivity contribution in [2.45, 2.75) is 60.1 Å². The van der Waals surface area contributed by atoms with Gasteiger partial charge in [0.1, 0.15) is 28.5 Å². The number of nitrogens with one attached hydrogen (secondary N) is 2. The molecule has 0 fully saturated rings. The number of pyridine rings is 1. The van der Waals surface area contributed by atoms with E-state index in [-0.39, 0.29) is 29.0 Å². The molecule has 0 atom stereocenters. The Bertz CT molecular complexity index is 1560. The minimum atomic E-state index is -1.15. The van der Waals surface area contributed by atoms with E-state index in [1.807, 2.05) is 20.8 Å². The molecule has 4 aromatic rings. The second-order valence-electron chi connectivity index (χ2n) is 10.3. The summed E-state index contributed by atoms with van der Waals surface area (Å²) in [7, 11) is 1.64. The lowest BCUT2D eigenvalue weighted by Gasteiger charge is -2.17. The maximum atomic E-state index is 14.0. The van der Waals surface area contributed by atoms with Crippen molar-refractivity contribution in [3.8, 4) is 21.9 Å². The van der Waals surface area contributed by atoms with Crippen LogP contribution in [0, 0.1) is 26.6 Å². The van der Waals surface area contributed by atoms with Gasteiger partial charge in [0.15, 0.2) is 0 Å². The van der Waals surface area contributed by atoms with Gasteiger partial charge >= 0.3 is 0 Å². The normalized spacial score (nSPS) is 12.0. The van der Waals surface area contributed by atoms with Gasteiger partial charge in [-0.15, -0.1) is 11.3 Å². The molecule has 1 aromatic carbocycles. The summed E-state index contributed by atoms with van der Waals surface area (Å²) >= 11 is 1.36. The quantitative estimate of drug-likeness (QED) is 0.296. The zero-order valence-electron chi connectivity index (χ0n) is 22.3. The molecule has 4 rings (SSSR count). The summed E-state index contributed by atoms with van der Waals surface area (Å²) in [4.78, 5) is 30.1. The summed E-state index contributed by atoms with van der Waals surface area (Å²) in [6, 6.07) is 4.42. The number of halogens is 1. The molecule has 0 aliphatic heterocycles. The molecule has 3 N–H and O–H groups in total. The van der Waals surface area contributed by atoms with Crippen molar-refractivity contribution >= 4 is 28.1 Å². The molecule has 37 heavy (non-hydrogen) atoms. The minimum Gasteiger partial charge on any atom is -0.455 e. The Labute approximate surface area is 218 Å². The van der Waals surface area contributed by atoms with Crippen molar-refractivity contribution in [1.82, 2.24) is 14.9 Å². The van der Waals surface area contributed by atoms with Crippen LogP contribution in [0.15, 0.2) is 29.2 Å². The number of aromatic amines is 1. The van der Waals surface area contributed by atoms with E-state index in [2.05, 4.69) is 10.3 Å². The topological polar surface area (TPSA) is 96.4 Å². The molecule has 0 saturated carbocycles. The van der Waals surface area contributed by atoms with Crippen LogP contribution in [0.4, 0.5) is 4.39 Å². The largest absolute Gasteiger partial charge is 0.455 e. The maximum absolute atomic E-state index is 14.0. The van der Waals surface area contributed by atoms with Gasteiger partial charge in [-0.2, -0.15) is 0 Å². The Kier molecular flexibility index (Phi) is 6.81. The smallest absolute Gasteiger partial charge is 0.274 e. The van der Waals surface area contributed by atoms with E-state index in [9.17, 15) is 19.1 Å². The number of H-pyrrole nitrogens is 1. The molecule has 3 aromatic heterocycles. The molecular formula is C28H32FN3O4S. The fourth-order valence-corrected chi connectivity index (χ4v) is 5.78. The molecular weight excluding hydrogens is 493 g/mol. The Morgan fingerprint density at radius 3 is 2.35 bits per heavy atom. The highest BCUT2D eigenvalue weighted by molar-refractivity contribution is 7.16. The molecule has 0 radical (unpaired) electrons. The molecule has 0 spiro atoms. The van der Waals surface area contributed by atoms with Crippen LogP contribution >= 0.6 is 11.3 Å². The van der Waals surface area contributed by atoms with Gasteiger partial charge < -0.3 is 24.7 Å². The monoisotopic (exact) mass is 525 g/mol. The number of thiophene rings is 1. The summed E-state index contributed by atoms with van der Waals surface area (Å²) in [6.45, 7) is 12.6. The first kappa shape index (κ1) is 26.6. The van der Waals surface area contributed by atoms with Crippen LogP contribution in [-0.4, -0.2) is 26.6 Å². The van der Waals surface area contributed by atoms with E-state index in [1.54, 1.807) is 47.0 Å². The predicted octanol–water partition coefficient (Wildman–Crippen LogP) is 5.82. The lowest BCUT2D eigenvalue weighted by Crippen LogP contribution is -2.30. The fourth-order valence-electron chi connectivity index (χ4n) is 4.52. The third kappa shape index (κ3) is 4.93. The van der Waals surface area contributed by atoms with Crippen LogP contribution in [0.5, 0.6) is 11.5 Å². The van der Waals surface area contributed by atoms with E-state index >= 15 is 0 Å². The average Bonchev–Trinajstić information content (AvgIpc) is 3.35. The summed E-state index contributed by atoms with van der Waals surface area (Å²) in [5.74, 6) is 0.376. The number of amides is 1. The SMILES string of the molecule is Cc1cc(F)cc(C)c1Oc1c(-c2cn(C)c(=O)c3[nH]c(C(=O)NC(C)C)cc23)sc(C(C)(C)O)c1C. The number of rotatable bonds is 6. The number of carbonyl (C=O) groups is 1. The number of nitrogens with zero attached hydrogens (tertiary/aromatic N) is 1. The number of aliphatic hydroxyl groups is 1. The first-order valence-electron chi connectivity index (χ1n) is 12.0. The van der Waals surface area contributed by atoms with Crippen molar-refractivity contribution in [3.05, 3.63) is 67.8 Å². The number of hydrogen-bond donors (Lipinski definition) is 3. The number of fused-ring (bicyclic) bond motifs is 1. The van der Waals surface area contributed by atoms with Gasteiger partial charge in [-0.25, -0.2) is 4.39 Å². The first-order valence-corrected chi connectivity index (χ1v) is 12.8. The van der Waals surface area contributed by atoms with E-state index in [0.717, 1.165) is 5.56 Å². The molecule has 0 aliphatic carbocycles. The standard InChI is InChI=1S/C28H32FN3O4S/c1-13(2)30-26(33)20-11-18-19(12-32(8)27(34)21(18)31-20)24-23(16(5)25(37-24)28(6,7)35)36-22-14(3)9-17(29)10-15(22)4/h9-13,31,35H,1-8H3,(H,30,33). The second kappa shape index (κ2) is 9.46. The maximum Gasteiger partial charge on any atom is 0.274 e. The van der Waals surface area contributed by atoms with Gasteiger partial charge in [0.05, 0.1) is 10.5 Å². The second-order valence-corrected chi connectivity index (χ2v) is 11.3. The van der Waals surface area contributed by atoms with Crippen molar-refractivity contribution in [2.75, 3.05) is 0 Å².